The lowest BCUT2D eigenvalue weighted by atomic mass is 10.1. The number of nitrogens with one attached hydrogen (secondary N) is 1. The van der Waals surface area contributed by atoms with Gasteiger partial charge in [0.15, 0.2) is 4.96 Å². The van der Waals surface area contributed by atoms with Crippen molar-refractivity contribution < 1.29 is 19.1 Å². The summed E-state index contributed by atoms with van der Waals surface area (Å²) in [5, 5.41) is 4.51. The van der Waals surface area contributed by atoms with E-state index >= 15 is 0 Å². The van der Waals surface area contributed by atoms with Crippen molar-refractivity contribution in [1.29, 1.82) is 0 Å². The highest BCUT2D eigenvalue weighted by atomic mass is 32.1. The van der Waals surface area contributed by atoms with Crippen molar-refractivity contribution in [3.05, 3.63) is 81.6 Å². The van der Waals surface area contributed by atoms with Crippen LogP contribution in [-0.4, -0.2) is 35.0 Å². The topological polar surface area (TPSA) is 99.0 Å². The Morgan fingerprint density at radius 2 is 1.94 bits per heavy atom. The van der Waals surface area contributed by atoms with E-state index in [1.165, 1.54) is 21.9 Å². The van der Waals surface area contributed by atoms with Gasteiger partial charge in [-0.15, -0.1) is 11.3 Å². The second-order valence-electron chi connectivity index (χ2n) is 7.47. The Hall–Kier alpha value is -3.98. The van der Waals surface area contributed by atoms with Crippen molar-refractivity contribution in [3.8, 4) is 17.0 Å². The number of nitrogens with zero attached hydrogens (tertiary/aromatic N) is 2. The van der Waals surface area contributed by atoms with Gasteiger partial charge in [-0.3, -0.25) is 14.0 Å². The maximum absolute atomic E-state index is 13.2. The van der Waals surface area contributed by atoms with Crippen LogP contribution in [0.1, 0.15) is 40.5 Å². The van der Waals surface area contributed by atoms with Crippen LogP contribution < -0.4 is 15.6 Å². The van der Waals surface area contributed by atoms with Gasteiger partial charge < -0.3 is 14.8 Å². The molecule has 1 amide bonds. The Kier molecular flexibility index (Phi) is 7.03. The molecule has 0 bridgehead atoms. The van der Waals surface area contributed by atoms with Gasteiger partial charge in [0.05, 0.1) is 25.0 Å². The standard InChI is InChI=1S/C25H23N3O5S/c1-3-4-12-33-24(31)16-8-10-18(11-9-16)27-22(29)20-14-26-25-28(23(20)30)21(15-34-25)17-6-5-7-19(13-17)32-2/h5-11,13-15H,3-4,12H2,1-2H3,(H,27,29). The summed E-state index contributed by atoms with van der Waals surface area (Å²) in [6.45, 7) is 2.38. The molecule has 2 aromatic carbocycles. The van der Waals surface area contributed by atoms with E-state index in [4.69, 9.17) is 9.47 Å². The highest BCUT2D eigenvalue weighted by molar-refractivity contribution is 7.15. The van der Waals surface area contributed by atoms with Crippen LogP contribution in [0.25, 0.3) is 16.2 Å². The van der Waals surface area contributed by atoms with Crippen LogP contribution in [0.4, 0.5) is 5.69 Å². The van der Waals surface area contributed by atoms with E-state index < -0.39 is 17.4 Å². The molecule has 0 aliphatic heterocycles. The second kappa shape index (κ2) is 10.3. The van der Waals surface area contributed by atoms with Gasteiger partial charge in [0.2, 0.25) is 0 Å². The lowest BCUT2D eigenvalue weighted by Gasteiger charge is -2.08. The number of carbonyl (C=O) groups is 2. The molecule has 0 saturated heterocycles. The number of hydrogen-bond donors (Lipinski definition) is 1. The number of ether oxygens (including phenoxy) is 2. The monoisotopic (exact) mass is 477 g/mol. The lowest BCUT2D eigenvalue weighted by molar-refractivity contribution is 0.0499. The molecule has 0 fully saturated rings. The predicted molar refractivity (Wildman–Crippen MR) is 131 cm³/mol. The minimum atomic E-state index is -0.590. The molecule has 2 heterocycles. The van der Waals surface area contributed by atoms with Crippen LogP contribution in [0.5, 0.6) is 5.75 Å². The molecule has 9 heteroatoms. The Morgan fingerprint density at radius 3 is 2.68 bits per heavy atom. The molecule has 0 aliphatic carbocycles. The molecule has 8 nitrogen and oxygen atoms in total. The summed E-state index contributed by atoms with van der Waals surface area (Å²) < 4.78 is 11.9. The number of fused-ring (bicyclic) bond motifs is 1. The smallest absolute Gasteiger partial charge is 0.338 e. The minimum absolute atomic E-state index is 0.0944. The third-order valence-corrected chi connectivity index (χ3v) is 6.01. The zero-order chi connectivity index (χ0) is 24.1. The van der Waals surface area contributed by atoms with Gasteiger partial charge in [0, 0.05) is 22.8 Å². The first-order valence-electron chi connectivity index (χ1n) is 10.7. The van der Waals surface area contributed by atoms with Gasteiger partial charge in [0.1, 0.15) is 11.3 Å². The Balaban J connectivity index is 1.57. The van der Waals surface area contributed by atoms with E-state index in [0.717, 1.165) is 18.4 Å². The highest BCUT2D eigenvalue weighted by Gasteiger charge is 2.18. The number of esters is 1. The van der Waals surface area contributed by atoms with Crippen molar-refractivity contribution in [1.82, 2.24) is 9.38 Å². The normalized spacial score (nSPS) is 10.8. The summed E-state index contributed by atoms with van der Waals surface area (Å²) in [5.41, 5.74) is 1.66. The van der Waals surface area contributed by atoms with Gasteiger partial charge in [-0.05, 0) is 42.8 Å². The summed E-state index contributed by atoms with van der Waals surface area (Å²) >= 11 is 1.31. The molecule has 0 atom stereocenters. The summed E-state index contributed by atoms with van der Waals surface area (Å²) in [7, 11) is 1.57. The molecule has 0 radical (unpaired) electrons. The van der Waals surface area contributed by atoms with Crippen molar-refractivity contribution in [3.63, 3.8) is 0 Å². The number of amides is 1. The number of rotatable bonds is 8. The van der Waals surface area contributed by atoms with Crippen molar-refractivity contribution in [2.24, 2.45) is 0 Å². The first kappa shape index (κ1) is 23.2. The van der Waals surface area contributed by atoms with Crippen LogP contribution in [0.2, 0.25) is 0 Å². The van der Waals surface area contributed by atoms with E-state index in [1.54, 1.807) is 31.4 Å². The summed E-state index contributed by atoms with van der Waals surface area (Å²) in [4.78, 5) is 42.9. The molecule has 174 valence electrons. The maximum Gasteiger partial charge on any atom is 0.338 e. The van der Waals surface area contributed by atoms with E-state index in [0.29, 0.717) is 34.3 Å². The van der Waals surface area contributed by atoms with E-state index in [1.807, 2.05) is 36.6 Å². The fraction of sp³-hybridized carbons (Fsp3) is 0.200. The molecule has 0 saturated carbocycles. The van der Waals surface area contributed by atoms with Gasteiger partial charge >= 0.3 is 5.97 Å². The lowest BCUT2D eigenvalue weighted by Crippen LogP contribution is -2.26. The minimum Gasteiger partial charge on any atom is -0.497 e. The van der Waals surface area contributed by atoms with Gasteiger partial charge in [0.25, 0.3) is 11.5 Å². The number of methoxy groups -OCH3 is 1. The second-order valence-corrected chi connectivity index (χ2v) is 8.31. The van der Waals surface area contributed by atoms with Gasteiger partial charge in [-0.2, -0.15) is 0 Å². The van der Waals surface area contributed by atoms with Crippen LogP contribution >= 0.6 is 11.3 Å². The molecule has 34 heavy (non-hydrogen) atoms. The number of aromatic nitrogens is 2. The summed E-state index contributed by atoms with van der Waals surface area (Å²) in [5.74, 6) is -0.348. The SMILES string of the molecule is CCCCOC(=O)c1ccc(NC(=O)c2cnc3scc(-c4cccc(OC)c4)n3c2=O)cc1. The molecule has 0 spiro atoms. The fourth-order valence-electron chi connectivity index (χ4n) is 3.31. The Morgan fingerprint density at radius 1 is 1.15 bits per heavy atom. The largest absolute Gasteiger partial charge is 0.497 e. The van der Waals surface area contributed by atoms with Crippen LogP contribution in [0.3, 0.4) is 0 Å². The average Bonchev–Trinajstić information content (AvgIpc) is 3.30. The highest BCUT2D eigenvalue weighted by Crippen LogP contribution is 2.27. The van der Waals surface area contributed by atoms with Crippen LogP contribution in [0, 0.1) is 0 Å². The molecule has 0 unspecified atom stereocenters. The average molecular weight is 478 g/mol. The number of benzene rings is 2. The molecule has 4 rings (SSSR count). The fourth-order valence-corrected chi connectivity index (χ4v) is 4.17. The quantitative estimate of drug-likeness (QED) is 0.293. The van der Waals surface area contributed by atoms with Gasteiger partial charge in [-0.25, -0.2) is 9.78 Å². The summed E-state index contributed by atoms with van der Waals surface area (Å²) in [6, 6.07) is 13.6. The Bertz CT molecular complexity index is 1390. The predicted octanol–water partition coefficient (Wildman–Crippen LogP) is 4.64. The van der Waals surface area contributed by atoms with Crippen molar-refractivity contribution in [2.75, 3.05) is 19.0 Å². The number of hydrogen-bond acceptors (Lipinski definition) is 7. The summed E-state index contributed by atoms with van der Waals surface area (Å²) in [6.07, 6.45) is 3.01. The first-order chi connectivity index (χ1) is 16.5. The number of carbonyl (C=O) groups excluding carboxylic acids is 2. The van der Waals surface area contributed by atoms with E-state index in [9.17, 15) is 14.4 Å². The van der Waals surface area contributed by atoms with E-state index in [2.05, 4.69) is 10.3 Å². The molecular weight excluding hydrogens is 454 g/mol. The Labute approximate surface area is 199 Å². The van der Waals surface area contributed by atoms with Gasteiger partial charge in [-0.1, -0.05) is 25.5 Å². The van der Waals surface area contributed by atoms with Crippen LogP contribution in [0.15, 0.2) is 64.9 Å². The molecular formula is C25H23N3O5S. The molecule has 1 N–H and O–H groups in total. The zero-order valence-corrected chi connectivity index (χ0v) is 19.6. The first-order valence-corrected chi connectivity index (χ1v) is 11.6. The zero-order valence-electron chi connectivity index (χ0n) is 18.7. The third-order valence-electron chi connectivity index (χ3n) is 5.17. The molecule has 4 aromatic rings. The number of thiazole rings is 1. The maximum atomic E-state index is 13.2. The number of unbranched alkanes of at least 4 members (excludes halogenated alkanes) is 1. The molecule has 0 aliphatic rings. The number of anilines is 1. The molecule has 2 aromatic heterocycles. The van der Waals surface area contributed by atoms with Crippen LogP contribution in [-0.2, 0) is 4.74 Å². The third kappa shape index (κ3) is 4.84. The van der Waals surface area contributed by atoms with Crippen molar-refractivity contribution >= 4 is 33.9 Å². The van der Waals surface area contributed by atoms with Crippen molar-refractivity contribution in [2.45, 2.75) is 19.8 Å². The van der Waals surface area contributed by atoms with E-state index in [-0.39, 0.29) is 5.56 Å².